The van der Waals surface area contributed by atoms with E-state index in [0.717, 1.165) is 0 Å². The van der Waals surface area contributed by atoms with Crippen LogP contribution in [0.2, 0.25) is 0 Å². The first-order valence-corrected chi connectivity index (χ1v) is 10.6. The Hall–Kier alpha value is -1.83. The number of Topliss-reactive ketones (excluding diaryl/α,β-unsaturated/α-hetero) is 3. The molecule has 2 bridgehead atoms. The molecule has 7 atom stereocenters. The molecule has 0 radical (unpaired) electrons. The highest BCUT2D eigenvalue weighted by Crippen LogP contribution is 2.64. The van der Waals surface area contributed by atoms with Gasteiger partial charge in [-0.25, -0.2) is 0 Å². The van der Waals surface area contributed by atoms with Gasteiger partial charge in [0.1, 0.15) is 6.10 Å². The van der Waals surface area contributed by atoms with Crippen LogP contribution in [0.25, 0.3) is 0 Å². The van der Waals surface area contributed by atoms with E-state index in [1.54, 1.807) is 0 Å². The van der Waals surface area contributed by atoms with Gasteiger partial charge in [0.25, 0.3) is 0 Å². The Kier molecular flexibility index (Phi) is 5.07. The lowest BCUT2D eigenvalue weighted by molar-refractivity contribution is -0.238. The molecular formula is C23H30O7. The van der Waals surface area contributed by atoms with E-state index in [4.69, 9.17) is 9.47 Å². The van der Waals surface area contributed by atoms with Crippen molar-refractivity contribution in [3.05, 3.63) is 24.0 Å². The molecule has 2 heterocycles. The first kappa shape index (κ1) is 21.4. The van der Waals surface area contributed by atoms with Gasteiger partial charge < -0.3 is 19.7 Å². The van der Waals surface area contributed by atoms with E-state index in [2.05, 4.69) is 6.58 Å². The van der Waals surface area contributed by atoms with Gasteiger partial charge >= 0.3 is 0 Å². The third kappa shape index (κ3) is 2.71. The number of rotatable bonds is 4. The Morgan fingerprint density at radius 3 is 2.50 bits per heavy atom. The molecule has 1 spiro atoms. The van der Waals surface area contributed by atoms with Gasteiger partial charge in [-0.1, -0.05) is 20.4 Å². The maximum Gasteiger partial charge on any atom is 0.173 e. The Labute approximate surface area is 176 Å². The zero-order valence-corrected chi connectivity index (χ0v) is 17.7. The number of methoxy groups -OCH3 is 1. The summed E-state index contributed by atoms with van der Waals surface area (Å²) in [5, 5.41) is 21.1. The highest BCUT2D eigenvalue weighted by Gasteiger charge is 2.71. The predicted octanol–water partition coefficient (Wildman–Crippen LogP) is 1.36. The number of carbonyl (C=O) groups is 3. The fourth-order valence-corrected chi connectivity index (χ4v) is 6.67. The molecular weight excluding hydrogens is 388 g/mol. The average Bonchev–Trinajstić information content (AvgIpc) is 2.91. The van der Waals surface area contributed by atoms with Crippen LogP contribution < -0.4 is 0 Å². The van der Waals surface area contributed by atoms with Gasteiger partial charge in [-0.3, -0.25) is 14.4 Å². The molecule has 2 saturated heterocycles. The highest BCUT2D eigenvalue weighted by molar-refractivity contribution is 6.05. The van der Waals surface area contributed by atoms with Crippen molar-refractivity contribution in [2.45, 2.75) is 57.8 Å². The van der Waals surface area contributed by atoms with Crippen molar-refractivity contribution in [2.24, 2.45) is 28.6 Å². The average molecular weight is 418 g/mol. The molecule has 0 aromatic heterocycles. The van der Waals surface area contributed by atoms with Crippen LogP contribution in [0.15, 0.2) is 24.0 Å². The van der Waals surface area contributed by atoms with Crippen LogP contribution in [0, 0.1) is 28.6 Å². The van der Waals surface area contributed by atoms with Crippen LogP contribution in [-0.4, -0.2) is 59.6 Å². The van der Waals surface area contributed by atoms with Crippen molar-refractivity contribution in [3.63, 3.8) is 0 Å². The molecule has 0 aromatic carbocycles. The summed E-state index contributed by atoms with van der Waals surface area (Å²) < 4.78 is 11.3. The van der Waals surface area contributed by atoms with Crippen LogP contribution in [0.5, 0.6) is 0 Å². The van der Waals surface area contributed by atoms with Crippen LogP contribution in [-0.2, 0) is 23.9 Å². The van der Waals surface area contributed by atoms with Gasteiger partial charge in [0, 0.05) is 30.1 Å². The maximum absolute atomic E-state index is 13.7. The van der Waals surface area contributed by atoms with Crippen LogP contribution in [0.1, 0.15) is 39.5 Å². The van der Waals surface area contributed by atoms with Crippen LogP contribution >= 0.6 is 0 Å². The summed E-state index contributed by atoms with van der Waals surface area (Å²) in [4.78, 5) is 38.3. The first-order valence-electron chi connectivity index (χ1n) is 10.6. The standard InChI is InChI=1S/C23H30O7/c1-11-13(16(25)8-15(11)24)6-5-12-7-17(26)18(27)19-22(2,3)21-14(9-29-4)20(28)23(12,19)10-30-21/h9,12-13,16,18-19,21,25,27H,1,5-8,10H2,2-4H3/b14-9-/t12-,13+,16+,18-,19-,21-,23+/m1/s1. The van der Waals surface area contributed by atoms with Gasteiger partial charge in [-0.05, 0) is 24.3 Å². The minimum absolute atomic E-state index is 0.0665. The summed E-state index contributed by atoms with van der Waals surface area (Å²) in [5.41, 5.74) is -0.826. The molecule has 2 N–H and O–H groups in total. The van der Waals surface area contributed by atoms with Gasteiger partial charge in [-0.15, -0.1) is 0 Å². The number of aliphatic hydroxyl groups is 2. The second-order valence-corrected chi connectivity index (χ2v) is 9.88. The van der Waals surface area contributed by atoms with E-state index in [-0.39, 0.29) is 48.6 Å². The van der Waals surface area contributed by atoms with Gasteiger partial charge in [0.05, 0.1) is 43.2 Å². The quantitative estimate of drug-likeness (QED) is 0.524. The predicted molar refractivity (Wildman–Crippen MR) is 106 cm³/mol. The smallest absolute Gasteiger partial charge is 0.173 e. The number of carbonyl (C=O) groups excluding carboxylic acids is 3. The van der Waals surface area contributed by atoms with Crippen molar-refractivity contribution in [1.82, 2.24) is 0 Å². The molecule has 7 heteroatoms. The molecule has 5 rings (SSSR count). The Morgan fingerprint density at radius 1 is 1.20 bits per heavy atom. The van der Waals surface area contributed by atoms with Crippen LogP contribution in [0.3, 0.4) is 0 Å². The third-order valence-corrected chi connectivity index (χ3v) is 8.05. The second-order valence-electron chi connectivity index (χ2n) is 9.88. The number of hydrogen-bond donors (Lipinski definition) is 2. The van der Waals surface area contributed by atoms with E-state index in [1.165, 1.54) is 13.4 Å². The van der Waals surface area contributed by atoms with Crippen molar-refractivity contribution < 1.29 is 34.1 Å². The lowest BCUT2D eigenvalue weighted by Crippen LogP contribution is -2.73. The molecule has 164 valence electrons. The fourth-order valence-electron chi connectivity index (χ4n) is 6.67. The SMILES string of the molecule is C=C1C(=O)C[C@H](O)[C@H]1CC[C@@H]1CC(=O)[C@@H](O)[C@@H]2C(C)(C)[C@@H]3OC[C@]12C(=O)/C3=C/OC. The summed E-state index contributed by atoms with van der Waals surface area (Å²) >= 11 is 0. The summed E-state index contributed by atoms with van der Waals surface area (Å²) in [5.74, 6) is -1.81. The number of ether oxygens (including phenoxy) is 2. The molecule has 30 heavy (non-hydrogen) atoms. The van der Waals surface area contributed by atoms with E-state index in [9.17, 15) is 24.6 Å². The normalized spacial score (nSPS) is 44.0. The van der Waals surface area contributed by atoms with Crippen LogP contribution in [0.4, 0.5) is 0 Å². The molecule has 3 aliphatic carbocycles. The monoisotopic (exact) mass is 418 g/mol. The Balaban J connectivity index is 1.71. The van der Waals surface area contributed by atoms with Gasteiger partial charge in [0.15, 0.2) is 17.3 Å². The molecule has 0 unspecified atom stereocenters. The molecule has 7 nitrogen and oxygen atoms in total. The minimum atomic E-state index is -1.22. The van der Waals surface area contributed by atoms with Crippen molar-refractivity contribution >= 4 is 17.3 Å². The van der Waals surface area contributed by atoms with Crippen molar-refractivity contribution in [1.29, 1.82) is 0 Å². The first-order chi connectivity index (χ1) is 14.1. The number of fused-ring (bicyclic) bond motifs is 2. The summed E-state index contributed by atoms with van der Waals surface area (Å²) in [7, 11) is 1.48. The highest BCUT2D eigenvalue weighted by atomic mass is 16.5. The zero-order valence-electron chi connectivity index (χ0n) is 17.7. The van der Waals surface area contributed by atoms with E-state index < -0.39 is 35.1 Å². The fraction of sp³-hybridized carbons (Fsp3) is 0.696. The number of aliphatic hydroxyl groups excluding tert-OH is 2. The molecule has 0 aromatic rings. The zero-order chi connectivity index (χ0) is 22.0. The lowest BCUT2D eigenvalue weighted by atomic mass is 9.42. The number of hydrogen-bond acceptors (Lipinski definition) is 7. The van der Waals surface area contributed by atoms with E-state index >= 15 is 0 Å². The second kappa shape index (κ2) is 7.11. The molecule has 3 saturated carbocycles. The molecule has 5 aliphatic rings. The molecule has 2 aliphatic heterocycles. The Bertz CT molecular complexity index is 840. The largest absolute Gasteiger partial charge is 0.504 e. The van der Waals surface area contributed by atoms with Gasteiger partial charge in [-0.2, -0.15) is 0 Å². The van der Waals surface area contributed by atoms with E-state index in [0.29, 0.717) is 24.0 Å². The van der Waals surface area contributed by atoms with Crippen molar-refractivity contribution in [2.75, 3.05) is 13.7 Å². The minimum Gasteiger partial charge on any atom is -0.504 e. The maximum atomic E-state index is 13.7. The lowest BCUT2D eigenvalue weighted by Gasteiger charge is -2.64. The molecule has 0 amide bonds. The van der Waals surface area contributed by atoms with Gasteiger partial charge in [0.2, 0.25) is 0 Å². The molecule has 5 fully saturated rings. The summed E-state index contributed by atoms with van der Waals surface area (Å²) in [6.07, 6.45) is -0.0801. The summed E-state index contributed by atoms with van der Waals surface area (Å²) in [6.45, 7) is 7.82. The Morgan fingerprint density at radius 2 is 1.90 bits per heavy atom. The third-order valence-electron chi connectivity index (χ3n) is 8.05. The number of ketones is 3. The van der Waals surface area contributed by atoms with E-state index in [1.807, 2.05) is 13.8 Å². The topological polar surface area (TPSA) is 110 Å². The summed E-state index contributed by atoms with van der Waals surface area (Å²) in [6, 6.07) is 0. The van der Waals surface area contributed by atoms with Crippen molar-refractivity contribution in [3.8, 4) is 0 Å².